The highest BCUT2D eigenvalue weighted by molar-refractivity contribution is 5.72. The molecule has 0 bridgehead atoms. The van der Waals surface area contributed by atoms with Gasteiger partial charge in [-0.1, -0.05) is 164 Å². The molecule has 0 saturated carbocycles. The van der Waals surface area contributed by atoms with Crippen molar-refractivity contribution in [2.24, 2.45) is 0 Å². The SMILES string of the molecule is CC/C=C\C/C=C\C/C=C\C/C=C\CCCCCCCCC(=O)OC(COCCC(C(=O)O)[N+](C)(C)C)COC(=O)CCCCCCCCC/C=C\CCCCCCCC. The summed E-state index contributed by atoms with van der Waals surface area (Å²) < 4.78 is 17.3. The minimum absolute atomic E-state index is 0.0523. The molecule has 2 unspecified atom stereocenters. The van der Waals surface area contributed by atoms with E-state index in [0.29, 0.717) is 19.3 Å². The number of carbonyl (C=O) groups excluding carboxylic acids is 2. The summed E-state index contributed by atoms with van der Waals surface area (Å²) in [5, 5.41) is 9.64. The first-order valence-corrected chi connectivity index (χ1v) is 24.3. The standard InChI is InChI=1S/C52H91NO7/c1-6-8-10-12-14-16-18-20-22-24-25-27-29-31-33-35-37-39-41-43-51(55)60-48(46-58-45-44-49(52(56)57)53(3,4)5)47-59-50(54)42-40-38-36-34-32-30-28-26-23-21-19-17-15-13-11-9-7-2/h8,10,14,16,20-23,25,27,48-49H,6-7,9,11-13,15,17-19,24,26,28-47H2,1-5H3/p+1/b10-8-,16-14-,22-20-,23-21-,27-25-. The summed E-state index contributed by atoms with van der Waals surface area (Å²) in [7, 11) is 5.52. The summed E-state index contributed by atoms with van der Waals surface area (Å²) in [5.74, 6) is -1.49. The second-order valence-electron chi connectivity index (χ2n) is 17.3. The van der Waals surface area contributed by atoms with E-state index >= 15 is 0 Å². The smallest absolute Gasteiger partial charge is 0.362 e. The Hall–Kier alpha value is -2.97. The number of hydrogen-bond donors (Lipinski definition) is 1. The van der Waals surface area contributed by atoms with Crippen molar-refractivity contribution in [1.29, 1.82) is 0 Å². The van der Waals surface area contributed by atoms with Gasteiger partial charge >= 0.3 is 17.9 Å². The number of allylic oxidation sites excluding steroid dienone is 10. The van der Waals surface area contributed by atoms with Crippen LogP contribution in [0.3, 0.4) is 0 Å². The van der Waals surface area contributed by atoms with Crippen LogP contribution in [-0.4, -0.2) is 80.6 Å². The lowest BCUT2D eigenvalue weighted by molar-refractivity contribution is -0.887. The minimum Gasteiger partial charge on any atom is -0.477 e. The minimum atomic E-state index is -0.879. The highest BCUT2D eigenvalue weighted by atomic mass is 16.6. The van der Waals surface area contributed by atoms with Gasteiger partial charge in [-0.2, -0.15) is 0 Å². The van der Waals surface area contributed by atoms with E-state index in [1.165, 1.54) is 89.9 Å². The van der Waals surface area contributed by atoms with E-state index in [-0.39, 0.29) is 36.2 Å². The fourth-order valence-electron chi connectivity index (χ4n) is 6.90. The molecular weight excluding hydrogens is 751 g/mol. The van der Waals surface area contributed by atoms with Gasteiger partial charge in [0.05, 0.1) is 34.4 Å². The Morgan fingerprint density at radius 2 is 0.933 bits per heavy atom. The van der Waals surface area contributed by atoms with E-state index in [4.69, 9.17) is 14.2 Å². The topological polar surface area (TPSA) is 99.1 Å². The van der Waals surface area contributed by atoms with Crippen LogP contribution in [0.4, 0.5) is 0 Å². The number of nitrogens with zero attached hydrogens (tertiary/aromatic N) is 1. The molecule has 60 heavy (non-hydrogen) atoms. The third-order valence-electron chi connectivity index (χ3n) is 10.7. The van der Waals surface area contributed by atoms with E-state index in [2.05, 4.69) is 74.6 Å². The van der Waals surface area contributed by atoms with Crippen LogP contribution in [0.5, 0.6) is 0 Å². The molecule has 0 spiro atoms. The number of hydrogen-bond acceptors (Lipinski definition) is 6. The predicted molar refractivity (Wildman–Crippen MR) is 252 cm³/mol. The van der Waals surface area contributed by atoms with Crippen LogP contribution in [0.1, 0.15) is 200 Å². The first-order valence-electron chi connectivity index (χ1n) is 24.3. The summed E-state index contributed by atoms with van der Waals surface area (Å²) >= 11 is 0. The van der Waals surface area contributed by atoms with Crippen molar-refractivity contribution in [3.05, 3.63) is 60.8 Å². The molecule has 0 aliphatic carbocycles. The van der Waals surface area contributed by atoms with Gasteiger partial charge in [0, 0.05) is 19.3 Å². The molecule has 0 radical (unpaired) electrons. The maximum absolute atomic E-state index is 12.8. The van der Waals surface area contributed by atoms with Gasteiger partial charge in [-0.25, -0.2) is 4.79 Å². The fourth-order valence-corrected chi connectivity index (χ4v) is 6.90. The van der Waals surface area contributed by atoms with Crippen molar-refractivity contribution in [2.45, 2.75) is 212 Å². The molecular formula is C52H92NO7+. The third kappa shape index (κ3) is 40.4. The zero-order valence-corrected chi connectivity index (χ0v) is 39.4. The summed E-state index contributed by atoms with van der Waals surface area (Å²) in [5.41, 5.74) is 0. The van der Waals surface area contributed by atoms with Gasteiger partial charge in [0.25, 0.3) is 0 Å². The second kappa shape index (κ2) is 42.7. The van der Waals surface area contributed by atoms with E-state index in [0.717, 1.165) is 77.0 Å². The maximum atomic E-state index is 12.8. The van der Waals surface area contributed by atoms with Crippen LogP contribution in [0.15, 0.2) is 60.8 Å². The van der Waals surface area contributed by atoms with Gasteiger partial charge in [0.1, 0.15) is 6.61 Å². The van der Waals surface area contributed by atoms with E-state index in [1.807, 2.05) is 21.1 Å². The largest absolute Gasteiger partial charge is 0.477 e. The first kappa shape index (κ1) is 57.0. The summed E-state index contributed by atoms with van der Waals surface area (Å²) in [4.78, 5) is 37.1. The quantitative estimate of drug-likeness (QED) is 0.0282. The molecule has 0 rings (SSSR count). The van der Waals surface area contributed by atoms with Crippen LogP contribution < -0.4 is 0 Å². The Balaban J connectivity index is 4.32. The Morgan fingerprint density at radius 1 is 0.517 bits per heavy atom. The molecule has 8 nitrogen and oxygen atoms in total. The number of esters is 2. The molecule has 0 aliphatic heterocycles. The Labute approximate surface area is 368 Å². The molecule has 346 valence electrons. The number of quaternary nitrogens is 1. The third-order valence-corrected chi connectivity index (χ3v) is 10.7. The van der Waals surface area contributed by atoms with Crippen molar-refractivity contribution in [1.82, 2.24) is 0 Å². The van der Waals surface area contributed by atoms with Crippen molar-refractivity contribution in [2.75, 3.05) is 41.0 Å². The molecule has 1 N–H and O–H groups in total. The van der Waals surface area contributed by atoms with Crippen molar-refractivity contribution < 1.29 is 38.2 Å². The zero-order valence-electron chi connectivity index (χ0n) is 39.4. The molecule has 0 heterocycles. The van der Waals surface area contributed by atoms with Crippen molar-refractivity contribution >= 4 is 17.9 Å². The van der Waals surface area contributed by atoms with E-state index in [9.17, 15) is 19.5 Å². The Morgan fingerprint density at radius 3 is 1.40 bits per heavy atom. The molecule has 0 amide bonds. The normalized spacial score (nSPS) is 13.4. The van der Waals surface area contributed by atoms with Gasteiger partial charge in [-0.3, -0.25) is 9.59 Å². The van der Waals surface area contributed by atoms with E-state index < -0.39 is 18.1 Å². The van der Waals surface area contributed by atoms with Crippen molar-refractivity contribution in [3.63, 3.8) is 0 Å². The molecule has 0 aliphatic rings. The van der Waals surface area contributed by atoms with Crippen LogP contribution in [0.25, 0.3) is 0 Å². The highest BCUT2D eigenvalue weighted by Crippen LogP contribution is 2.14. The first-order chi connectivity index (χ1) is 29.1. The Kier molecular flexibility index (Phi) is 40.6. The van der Waals surface area contributed by atoms with Crippen LogP contribution in [-0.2, 0) is 28.6 Å². The second-order valence-corrected chi connectivity index (χ2v) is 17.3. The molecule has 0 saturated heterocycles. The monoisotopic (exact) mass is 843 g/mol. The van der Waals surface area contributed by atoms with Gasteiger partial charge in [-0.05, 0) is 77.0 Å². The van der Waals surface area contributed by atoms with E-state index in [1.54, 1.807) is 0 Å². The summed E-state index contributed by atoms with van der Waals surface area (Å²) in [6.07, 6.45) is 52.6. The molecule has 2 atom stereocenters. The number of rotatable bonds is 43. The Bertz CT molecular complexity index is 1170. The zero-order chi connectivity index (χ0) is 44.2. The van der Waals surface area contributed by atoms with Gasteiger partial charge < -0.3 is 23.8 Å². The molecule has 8 heteroatoms. The summed E-state index contributed by atoms with van der Waals surface area (Å²) in [6, 6.07) is -0.620. The van der Waals surface area contributed by atoms with Crippen LogP contribution in [0, 0.1) is 0 Å². The lowest BCUT2D eigenvalue weighted by atomic mass is 10.1. The highest BCUT2D eigenvalue weighted by Gasteiger charge is 2.31. The number of carboxylic acids is 1. The fraction of sp³-hybridized carbons (Fsp3) is 0.750. The van der Waals surface area contributed by atoms with Gasteiger partial charge in [0.15, 0.2) is 12.1 Å². The van der Waals surface area contributed by atoms with Gasteiger partial charge in [0.2, 0.25) is 0 Å². The lowest BCUT2D eigenvalue weighted by Crippen LogP contribution is -2.50. The molecule has 0 fully saturated rings. The predicted octanol–water partition coefficient (Wildman–Crippen LogP) is 13.8. The average molecular weight is 843 g/mol. The maximum Gasteiger partial charge on any atom is 0.362 e. The van der Waals surface area contributed by atoms with Gasteiger partial charge in [-0.15, -0.1) is 0 Å². The molecule has 0 aromatic carbocycles. The number of aliphatic carboxylic acids is 1. The van der Waals surface area contributed by atoms with Crippen molar-refractivity contribution in [3.8, 4) is 0 Å². The summed E-state index contributed by atoms with van der Waals surface area (Å²) in [6.45, 7) is 4.61. The van der Waals surface area contributed by atoms with Crippen LogP contribution >= 0.6 is 0 Å². The number of ether oxygens (including phenoxy) is 3. The number of unbranched alkanes of at least 4 members (excludes halogenated alkanes) is 19. The average Bonchev–Trinajstić information content (AvgIpc) is 3.21. The number of likely N-dealkylation sites (N-methyl/N-ethyl adjacent to an activating group) is 1. The number of carboxylic acid groups (broad SMARTS) is 1. The molecule has 0 aromatic rings. The molecule has 0 aromatic heterocycles. The van der Waals surface area contributed by atoms with Crippen LogP contribution in [0.2, 0.25) is 0 Å². The number of carbonyl (C=O) groups is 3. The lowest BCUT2D eigenvalue weighted by Gasteiger charge is -2.31.